The predicted octanol–water partition coefficient (Wildman–Crippen LogP) is 3.28. The molecule has 2 N–H and O–H groups in total. The number of hydrogen-bond acceptors (Lipinski definition) is 3. The zero-order valence-corrected chi connectivity index (χ0v) is 15.1. The van der Waals surface area contributed by atoms with Crippen LogP contribution in [0.5, 0.6) is 5.75 Å². The summed E-state index contributed by atoms with van der Waals surface area (Å²) in [5.41, 5.74) is 1.58. The maximum Gasteiger partial charge on any atom is 0.239 e. The van der Waals surface area contributed by atoms with E-state index in [4.69, 9.17) is 4.74 Å². The molecule has 0 fully saturated rings. The van der Waals surface area contributed by atoms with Gasteiger partial charge < -0.3 is 15.4 Å². The molecule has 0 radical (unpaired) electrons. The van der Waals surface area contributed by atoms with Crippen molar-refractivity contribution in [2.75, 3.05) is 12.4 Å². The first-order chi connectivity index (χ1) is 11.8. The molecule has 0 heterocycles. The second-order valence-electron chi connectivity index (χ2n) is 6.48. The summed E-state index contributed by atoms with van der Waals surface area (Å²) in [6.07, 6.45) is 0. The van der Waals surface area contributed by atoms with E-state index in [0.717, 1.165) is 11.1 Å². The third kappa shape index (κ3) is 4.83. The van der Waals surface area contributed by atoms with Crippen LogP contribution in [0.15, 0.2) is 48.5 Å². The van der Waals surface area contributed by atoms with E-state index in [-0.39, 0.29) is 11.8 Å². The number of carbonyl (C=O) groups excluding carboxylic acids is 2. The Hall–Kier alpha value is -2.82. The lowest BCUT2D eigenvalue weighted by Crippen LogP contribution is -2.44. The van der Waals surface area contributed by atoms with Gasteiger partial charge >= 0.3 is 0 Å². The lowest BCUT2D eigenvalue weighted by Gasteiger charge is -2.23. The highest BCUT2D eigenvalue weighted by Crippen LogP contribution is 2.21. The highest BCUT2D eigenvalue weighted by atomic mass is 16.5. The molecule has 132 valence electrons. The molecule has 0 aliphatic rings. The van der Waals surface area contributed by atoms with Crippen molar-refractivity contribution in [2.24, 2.45) is 5.41 Å². The molecule has 0 aliphatic carbocycles. The van der Waals surface area contributed by atoms with Gasteiger partial charge in [-0.15, -0.1) is 0 Å². The van der Waals surface area contributed by atoms with Crippen LogP contribution in [0.3, 0.4) is 0 Å². The van der Waals surface area contributed by atoms with Crippen molar-refractivity contribution in [1.29, 1.82) is 0 Å². The number of aryl methyl sites for hydroxylation is 1. The number of ether oxygens (including phenoxy) is 1. The minimum Gasteiger partial charge on any atom is -0.497 e. The Kier molecular flexibility index (Phi) is 5.80. The zero-order chi connectivity index (χ0) is 18.4. The average molecular weight is 340 g/mol. The average Bonchev–Trinajstić information content (AvgIpc) is 2.61. The number of amides is 2. The van der Waals surface area contributed by atoms with Gasteiger partial charge in [0.2, 0.25) is 11.8 Å². The van der Waals surface area contributed by atoms with Crippen LogP contribution in [-0.2, 0) is 16.1 Å². The third-order valence-corrected chi connectivity index (χ3v) is 4.06. The molecular weight excluding hydrogens is 316 g/mol. The number of rotatable bonds is 6. The smallest absolute Gasteiger partial charge is 0.239 e. The van der Waals surface area contributed by atoms with Gasteiger partial charge in [0.15, 0.2) is 0 Å². The van der Waals surface area contributed by atoms with Gasteiger partial charge in [-0.2, -0.15) is 0 Å². The van der Waals surface area contributed by atoms with Crippen LogP contribution in [0.25, 0.3) is 0 Å². The molecule has 25 heavy (non-hydrogen) atoms. The number of benzene rings is 2. The zero-order valence-electron chi connectivity index (χ0n) is 15.1. The lowest BCUT2D eigenvalue weighted by atomic mass is 9.90. The van der Waals surface area contributed by atoms with Crippen molar-refractivity contribution in [1.82, 2.24) is 5.32 Å². The second-order valence-corrected chi connectivity index (χ2v) is 6.48. The number of carbonyl (C=O) groups is 2. The molecule has 0 bridgehead atoms. The van der Waals surface area contributed by atoms with Gasteiger partial charge in [-0.1, -0.05) is 29.8 Å². The fourth-order valence-corrected chi connectivity index (χ4v) is 2.17. The van der Waals surface area contributed by atoms with Gasteiger partial charge in [0.1, 0.15) is 11.2 Å². The molecule has 5 nitrogen and oxygen atoms in total. The van der Waals surface area contributed by atoms with Crippen LogP contribution in [0.1, 0.15) is 25.0 Å². The summed E-state index contributed by atoms with van der Waals surface area (Å²) < 4.78 is 5.08. The van der Waals surface area contributed by atoms with Crippen LogP contribution >= 0.6 is 0 Å². The summed E-state index contributed by atoms with van der Waals surface area (Å²) in [7, 11) is 1.58. The maximum absolute atomic E-state index is 12.5. The topological polar surface area (TPSA) is 67.4 Å². The number of nitrogens with one attached hydrogen (secondary N) is 2. The van der Waals surface area contributed by atoms with Gasteiger partial charge in [0.05, 0.1) is 7.11 Å². The number of methoxy groups -OCH3 is 1. The Morgan fingerprint density at radius 1 is 0.960 bits per heavy atom. The third-order valence-electron chi connectivity index (χ3n) is 4.06. The molecular formula is C20H24N2O3. The van der Waals surface area contributed by atoms with Crippen molar-refractivity contribution in [3.8, 4) is 5.75 Å². The quantitative estimate of drug-likeness (QED) is 0.793. The van der Waals surface area contributed by atoms with E-state index >= 15 is 0 Å². The molecule has 5 heteroatoms. The van der Waals surface area contributed by atoms with E-state index in [0.29, 0.717) is 18.0 Å². The monoisotopic (exact) mass is 340 g/mol. The van der Waals surface area contributed by atoms with Crippen LogP contribution in [0, 0.1) is 12.3 Å². The molecule has 0 aliphatic heterocycles. The van der Waals surface area contributed by atoms with E-state index in [1.165, 1.54) is 0 Å². The van der Waals surface area contributed by atoms with Gasteiger partial charge in [-0.25, -0.2) is 0 Å². The first-order valence-electron chi connectivity index (χ1n) is 8.12. The maximum atomic E-state index is 12.5. The fourth-order valence-electron chi connectivity index (χ4n) is 2.17. The van der Waals surface area contributed by atoms with Crippen LogP contribution in [-0.4, -0.2) is 18.9 Å². The van der Waals surface area contributed by atoms with Crippen molar-refractivity contribution >= 4 is 17.5 Å². The Morgan fingerprint density at radius 3 is 2.12 bits per heavy atom. The summed E-state index contributed by atoms with van der Waals surface area (Å²) in [5.74, 6) is 0.0197. The summed E-state index contributed by atoms with van der Waals surface area (Å²) in [5, 5.41) is 5.59. The largest absolute Gasteiger partial charge is 0.497 e. The molecule has 0 aromatic heterocycles. The normalized spacial score (nSPS) is 10.9. The molecule has 2 rings (SSSR count). The van der Waals surface area contributed by atoms with Gasteiger partial charge in [-0.3, -0.25) is 9.59 Å². The van der Waals surface area contributed by atoms with E-state index in [1.54, 1.807) is 45.2 Å². The Bertz CT molecular complexity index is 735. The lowest BCUT2D eigenvalue weighted by molar-refractivity contribution is -0.138. The molecule has 0 saturated heterocycles. The van der Waals surface area contributed by atoms with Crippen molar-refractivity contribution in [3.05, 3.63) is 59.7 Å². The summed E-state index contributed by atoms with van der Waals surface area (Å²) in [6, 6.07) is 14.9. The fraction of sp³-hybridized carbons (Fsp3) is 0.300. The molecule has 2 aromatic carbocycles. The predicted molar refractivity (Wildman–Crippen MR) is 98.4 cm³/mol. The highest BCUT2D eigenvalue weighted by molar-refractivity contribution is 6.09. The van der Waals surface area contributed by atoms with Gasteiger partial charge in [0, 0.05) is 12.2 Å². The second kappa shape index (κ2) is 7.83. The highest BCUT2D eigenvalue weighted by Gasteiger charge is 2.35. The van der Waals surface area contributed by atoms with Crippen molar-refractivity contribution < 1.29 is 14.3 Å². The molecule has 0 spiro atoms. The van der Waals surface area contributed by atoms with Crippen molar-refractivity contribution in [3.63, 3.8) is 0 Å². The van der Waals surface area contributed by atoms with Crippen LogP contribution < -0.4 is 15.4 Å². The first kappa shape index (κ1) is 18.5. The molecule has 2 aromatic rings. The Labute approximate surface area is 148 Å². The van der Waals surface area contributed by atoms with Gasteiger partial charge in [-0.05, 0) is 50.6 Å². The standard InChI is InChI=1S/C20H24N2O3/c1-14-5-7-15(8-6-14)13-21-18(23)20(2,3)19(24)22-16-9-11-17(25-4)12-10-16/h5-12H,13H2,1-4H3,(H,21,23)(H,22,24). The van der Waals surface area contributed by atoms with E-state index in [9.17, 15) is 9.59 Å². The minimum atomic E-state index is -1.19. The van der Waals surface area contributed by atoms with E-state index < -0.39 is 5.41 Å². The van der Waals surface area contributed by atoms with Gasteiger partial charge in [0.25, 0.3) is 0 Å². The minimum absolute atomic E-state index is 0.320. The van der Waals surface area contributed by atoms with E-state index in [1.807, 2.05) is 31.2 Å². The Morgan fingerprint density at radius 2 is 1.56 bits per heavy atom. The SMILES string of the molecule is COc1ccc(NC(=O)C(C)(C)C(=O)NCc2ccc(C)cc2)cc1. The summed E-state index contributed by atoms with van der Waals surface area (Å²) in [6.45, 7) is 5.61. The molecule has 0 unspecified atom stereocenters. The molecule has 2 amide bonds. The van der Waals surface area contributed by atoms with Crippen LogP contribution in [0.2, 0.25) is 0 Å². The summed E-state index contributed by atoms with van der Waals surface area (Å²) in [4.78, 5) is 24.9. The molecule has 0 saturated carbocycles. The van der Waals surface area contributed by atoms with E-state index in [2.05, 4.69) is 10.6 Å². The Balaban J connectivity index is 1.96. The number of anilines is 1. The van der Waals surface area contributed by atoms with Crippen molar-refractivity contribution in [2.45, 2.75) is 27.3 Å². The molecule has 0 atom stereocenters. The first-order valence-corrected chi connectivity index (χ1v) is 8.12. The van der Waals surface area contributed by atoms with Crippen LogP contribution in [0.4, 0.5) is 5.69 Å². The number of hydrogen-bond donors (Lipinski definition) is 2. The summed E-state index contributed by atoms with van der Waals surface area (Å²) >= 11 is 0.